The highest BCUT2D eigenvalue weighted by Crippen LogP contribution is 2.25. The zero-order valence-corrected chi connectivity index (χ0v) is 11.4. The van der Waals surface area contributed by atoms with Crippen LogP contribution in [0.4, 0.5) is 11.4 Å². The standard InChI is InChI=1S/C15H14ClN3/c1-19(10-12-3-2-4-13(16)7-12)15-6-5-11(9-17)8-14(15)18/h2-8H,10,18H2,1H3. The van der Waals surface area contributed by atoms with Gasteiger partial charge in [-0.1, -0.05) is 23.7 Å². The van der Waals surface area contributed by atoms with Crippen molar-refractivity contribution >= 4 is 23.0 Å². The van der Waals surface area contributed by atoms with Crippen molar-refractivity contribution in [2.75, 3.05) is 17.7 Å². The maximum atomic E-state index is 8.82. The summed E-state index contributed by atoms with van der Waals surface area (Å²) < 4.78 is 0. The lowest BCUT2D eigenvalue weighted by molar-refractivity contribution is 0.925. The summed E-state index contributed by atoms with van der Waals surface area (Å²) in [6.07, 6.45) is 0. The van der Waals surface area contributed by atoms with Crippen LogP contribution in [0.25, 0.3) is 0 Å². The monoisotopic (exact) mass is 271 g/mol. The third kappa shape index (κ3) is 3.18. The summed E-state index contributed by atoms with van der Waals surface area (Å²) >= 11 is 5.97. The minimum atomic E-state index is 0.567. The molecule has 2 N–H and O–H groups in total. The van der Waals surface area contributed by atoms with Gasteiger partial charge in [-0.2, -0.15) is 5.26 Å². The summed E-state index contributed by atoms with van der Waals surface area (Å²) in [4.78, 5) is 2.03. The molecule has 0 amide bonds. The lowest BCUT2D eigenvalue weighted by Gasteiger charge is -2.21. The second kappa shape index (κ2) is 5.64. The van der Waals surface area contributed by atoms with Crippen LogP contribution in [-0.2, 0) is 6.54 Å². The Balaban J connectivity index is 2.21. The van der Waals surface area contributed by atoms with Gasteiger partial charge in [0, 0.05) is 18.6 Å². The topological polar surface area (TPSA) is 53.0 Å². The highest BCUT2D eigenvalue weighted by atomic mass is 35.5. The van der Waals surface area contributed by atoms with E-state index >= 15 is 0 Å². The van der Waals surface area contributed by atoms with Gasteiger partial charge >= 0.3 is 0 Å². The SMILES string of the molecule is CN(Cc1cccc(Cl)c1)c1ccc(C#N)cc1N. The number of anilines is 2. The second-order valence-electron chi connectivity index (χ2n) is 4.37. The van der Waals surface area contributed by atoms with Crippen LogP contribution in [0.15, 0.2) is 42.5 Å². The van der Waals surface area contributed by atoms with Crippen LogP contribution in [0.2, 0.25) is 5.02 Å². The van der Waals surface area contributed by atoms with Crippen molar-refractivity contribution in [3.63, 3.8) is 0 Å². The summed E-state index contributed by atoms with van der Waals surface area (Å²) in [5.41, 5.74) is 9.14. The molecular weight excluding hydrogens is 258 g/mol. The van der Waals surface area contributed by atoms with Gasteiger partial charge in [-0.05, 0) is 35.9 Å². The molecule has 0 aliphatic heterocycles. The summed E-state index contributed by atoms with van der Waals surface area (Å²) in [5.74, 6) is 0. The van der Waals surface area contributed by atoms with E-state index in [2.05, 4.69) is 6.07 Å². The minimum Gasteiger partial charge on any atom is -0.397 e. The molecule has 0 heterocycles. The number of rotatable bonds is 3. The van der Waals surface area contributed by atoms with Gasteiger partial charge in [-0.3, -0.25) is 0 Å². The van der Waals surface area contributed by atoms with Gasteiger partial charge in [0.15, 0.2) is 0 Å². The second-order valence-corrected chi connectivity index (χ2v) is 4.81. The Bertz CT molecular complexity index is 632. The Morgan fingerprint density at radius 2 is 2.05 bits per heavy atom. The highest BCUT2D eigenvalue weighted by molar-refractivity contribution is 6.30. The van der Waals surface area contributed by atoms with Crippen molar-refractivity contribution in [2.45, 2.75) is 6.54 Å². The Hall–Kier alpha value is -2.18. The molecule has 19 heavy (non-hydrogen) atoms. The van der Waals surface area contributed by atoms with E-state index in [1.165, 1.54) is 0 Å². The maximum absolute atomic E-state index is 8.82. The summed E-state index contributed by atoms with van der Waals surface area (Å²) in [7, 11) is 1.96. The number of benzene rings is 2. The van der Waals surface area contributed by atoms with Gasteiger partial charge in [0.2, 0.25) is 0 Å². The van der Waals surface area contributed by atoms with Crippen LogP contribution < -0.4 is 10.6 Å². The van der Waals surface area contributed by atoms with Gasteiger partial charge in [-0.25, -0.2) is 0 Å². The van der Waals surface area contributed by atoms with E-state index in [0.717, 1.165) is 16.3 Å². The number of hydrogen-bond donors (Lipinski definition) is 1. The van der Waals surface area contributed by atoms with E-state index in [9.17, 15) is 0 Å². The number of halogens is 1. The zero-order valence-electron chi connectivity index (χ0n) is 10.6. The lowest BCUT2D eigenvalue weighted by atomic mass is 10.1. The molecule has 0 radical (unpaired) electrons. The fourth-order valence-corrected chi connectivity index (χ4v) is 2.18. The van der Waals surface area contributed by atoms with Crippen LogP contribution in [0.5, 0.6) is 0 Å². The number of nitriles is 1. The molecule has 0 saturated carbocycles. The number of nitrogens with two attached hydrogens (primary N) is 1. The van der Waals surface area contributed by atoms with E-state index in [1.807, 2.05) is 42.3 Å². The highest BCUT2D eigenvalue weighted by Gasteiger charge is 2.07. The molecule has 3 nitrogen and oxygen atoms in total. The number of nitrogens with zero attached hydrogens (tertiary/aromatic N) is 2. The Morgan fingerprint density at radius 1 is 1.26 bits per heavy atom. The molecule has 0 aliphatic rings. The zero-order chi connectivity index (χ0) is 13.8. The smallest absolute Gasteiger partial charge is 0.0992 e. The Morgan fingerprint density at radius 3 is 2.68 bits per heavy atom. The Kier molecular flexibility index (Phi) is 3.94. The first-order valence-corrected chi connectivity index (χ1v) is 6.23. The molecule has 0 aliphatic carbocycles. The lowest BCUT2D eigenvalue weighted by Crippen LogP contribution is -2.17. The first-order valence-electron chi connectivity index (χ1n) is 5.85. The summed E-state index contributed by atoms with van der Waals surface area (Å²) in [6, 6.07) is 15.1. The molecule has 2 aromatic rings. The van der Waals surface area contributed by atoms with Crippen LogP contribution in [-0.4, -0.2) is 7.05 Å². The molecule has 0 atom stereocenters. The molecule has 96 valence electrons. The fourth-order valence-electron chi connectivity index (χ4n) is 1.97. The molecule has 0 bridgehead atoms. The van der Waals surface area contributed by atoms with E-state index in [1.54, 1.807) is 12.1 Å². The van der Waals surface area contributed by atoms with Crippen molar-refractivity contribution in [3.8, 4) is 6.07 Å². The molecule has 0 unspecified atom stereocenters. The molecule has 0 saturated heterocycles. The van der Waals surface area contributed by atoms with E-state index < -0.39 is 0 Å². The molecule has 0 aromatic heterocycles. The summed E-state index contributed by atoms with van der Waals surface area (Å²) in [6.45, 7) is 0.705. The van der Waals surface area contributed by atoms with E-state index in [4.69, 9.17) is 22.6 Å². The predicted octanol–water partition coefficient (Wildman–Crippen LogP) is 3.43. The first-order chi connectivity index (χ1) is 9.10. The van der Waals surface area contributed by atoms with Crippen molar-refractivity contribution in [1.82, 2.24) is 0 Å². The molecule has 0 fully saturated rings. The molecule has 4 heteroatoms. The van der Waals surface area contributed by atoms with Gasteiger partial charge in [0.1, 0.15) is 0 Å². The average molecular weight is 272 g/mol. The number of hydrogen-bond acceptors (Lipinski definition) is 3. The van der Waals surface area contributed by atoms with Crippen LogP contribution >= 0.6 is 11.6 Å². The van der Waals surface area contributed by atoms with Gasteiger partial charge in [-0.15, -0.1) is 0 Å². The van der Waals surface area contributed by atoms with Crippen LogP contribution in [0, 0.1) is 11.3 Å². The van der Waals surface area contributed by atoms with Crippen molar-refractivity contribution < 1.29 is 0 Å². The number of nitrogen functional groups attached to an aromatic ring is 1. The fraction of sp³-hybridized carbons (Fsp3) is 0.133. The quantitative estimate of drug-likeness (QED) is 0.870. The molecule has 2 aromatic carbocycles. The maximum Gasteiger partial charge on any atom is 0.0992 e. The molecular formula is C15H14ClN3. The van der Waals surface area contributed by atoms with Crippen LogP contribution in [0.1, 0.15) is 11.1 Å². The average Bonchev–Trinajstić information content (AvgIpc) is 2.38. The van der Waals surface area contributed by atoms with E-state index in [-0.39, 0.29) is 0 Å². The largest absolute Gasteiger partial charge is 0.397 e. The van der Waals surface area contributed by atoms with Gasteiger partial charge < -0.3 is 10.6 Å². The van der Waals surface area contributed by atoms with Gasteiger partial charge in [0.05, 0.1) is 23.0 Å². The van der Waals surface area contributed by atoms with Crippen molar-refractivity contribution in [3.05, 3.63) is 58.6 Å². The van der Waals surface area contributed by atoms with Crippen molar-refractivity contribution in [1.29, 1.82) is 5.26 Å². The third-order valence-corrected chi connectivity index (χ3v) is 3.11. The normalized spacial score (nSPS) is 9.95. The van der Waals surface area contributed by atoms with Crippen LogP contribution in [0.3, 0.4) is 0 Å². The third-order valence-electron chi connectivity index (χ3n) is 2.88. The molecule has 0 spiro atoms. The van der Waals surface area contributed by atoms with Crippen molar-refractivity contribution in [2.24, 2.45) is 0 Å². The van der Waals surface area contributed by atoms with Gasteiger partial charge in [0.25, 0.3) is 0 Å². The van der Waals surface area contributed by atoms with E-state index in [0.29, 0.717) is 17.8 Å². The Labute approximate surface area is 117 Å². The minimum absolute atomic E-state index is 0.567. The molecule has 2 rings (SSSR count). The predicted molar refractivity (Wildman–Crippen MR) is 79.1 cm³/mol. The first kappa shape index (κ1) is 13.3. The summed E-state index contributed by atoms with van der Waals surface area (Å²) in [5, 5.41) is 9.54.